The van der Waals surface area contributed by atoms with Crippen molar-refractivity contribution >= 4 is 29.1 Å². The molecule has 2 N–H and O–H groups in total. The maximum atomic E-state index is 12.1. The normalized spacial score (nSPS) is 10.1. The summed E-state index contributed by atoms with van der Waals surface area (Å²) in [7, 11) is 1.55. The van der Waals surface area contributed by atoms with E-state index < -0.39 is 0 Å². The molecular formula is C17H17ClN2O2. The maximum Gasteiger partial charge on any atom is 0.253 e. The fraction of sp³-hybridized carbons (Fsp3) is 0.176. The number of para-hydroxylation sites is 1. The third-order valence-electron chi connectivity index (χ3n) is 3.25. The van der Waals surface area contributed by atoms with Crippen LogP contribution in [0.25, 0.3) is 0 Å². The first-order valence-electron chi connectivity index (χ1n) is 6.96. The van der Waals surface area contributed by atoms with E-state index in [0.717, 1.165) is 5.56 Å². The number of halogens is 1. The molecule has 0 atom stereocenters. The number of carbonyl (C=O) groups excluding carboxylic acids is 2. The number of nitrogens with one attached hydrogen (secondary N) is 2. The van der Waals surface area contributed by atoms with Crippen LogP contribution in [-0.4, -0.2) is 18.9 Å². The maximum absolute atomic E-state index is 12.1. The largest absolute Gasteiger partial charge is 0.355 e. The highest BCUT2D eigenvalue weighted by molar-refractivity contribution is 6.31. The van der Waals surface area contributed by atoms with Gasteiger partial charge in [0.05, 0.1) is 11.3 Å². The molecule has 5 heteroatoms. The zero-order chi connectivity index (χ0) is 15.9. The molecule has 0 saturated heterocycles. The van der Waals surface area contributed by atoms with E-state index in [1.165, 1.54) is 0 Å². The molecule has 0 bridgehead atoms. The lowest BCUT2D eigenvalue weighted by Crippen LogP contribution is -2.21. The molecule has 0 fully saturated rings. The molecule has 2 aromatic carbocycles. The average molecular weight is 317 g/mol. The second-order valence-corrected chi connectivity index (χ2v) is 5.17. The summed E-state index contributed by atoms with van der Waals surface area (Å²) in [6, 6.07) is 14.3. The highest BCUT2D eigenvalue weighted by Gasteiger charge is 2.12. The second-order valence-electron chi connectivity index (χ2n) is 4.76. The molecule has 0 unspecified atom stereocenters. The standard InChI is InChI=1S/C17H17ClN2O2/c1-19-17(22)13-7-3-5-9-15(13)20-16(21)11-10-12-6-2-4-8-14(12)18/h2-9H,10-11H2,1H3,(H,19,22)(H,20,21). The van der Waals surface area contributed by atoms with Crippen molar-refractivity contribution in [2.75, 3.05) is 12.4 Å². The summed E-state index contributed by atoms with van der Waals surface area (Å²) < 4.78 is 0. The van der Waals surface area contributed by atoms with E-state index in [-0.39, 0.29) is 11.8 Å². The van der Waals surface area contributed by atoms with Gasteiger partial charge in [0.2, 0.25) is 5.91 Å². The quantitative estimate of drug-likeness (QED) is 0.889. The molecule has 0 aromatic heterocycles. The lowest BCUT2D eigenvalue weighted by molar-refractivity contribution is -0.116. The Labute approximate surface area is 134 Å². The zero-order valence-electron chi connectivity index (χ0n) is 12.2. The Morgan fingerprint density at radius 1 is 1.05 bits per heavy atom. The van der Waals surface area contributed by atoms with Gasteiger partial charge in [0, 0.05) is 18.5 Å². The Kier molecular flexibility index (Phi) is 5.55. The Morgan fingerprint density at radius 3 is 2.45 bits per heavy atom. The van der Waals surface area contributed by atoms with Gasteiger partial charge in [0.15, 0.2) is 0 Å². The third kappa shape index (κ3) is 4.09. The molecule has 0 saturated carbocycles. The third-order valence-corrected chi connectivity index (χ3v) is 3.62. The van der Waals surface area contributed by atoms with Gasteiger partial charge in [-0.2, -0.15) is 0 Å². The predicted molar refractivity (Wildman–Crippen MR) is 88.2 cm³/mol. The van der Waals surface area contributed by atoms with Crippen LogP contribution in [0.5, 0.6) is 0 Å². The topological polar surface area (TPSA) is 58.2 Å². The van der Waals surface area contributed by atoms with Crippen LogP contribution in [0.2, 0.25) is 5.02 Å². The molecule has 4 nitrogen and oxygen atoms in total. The van der Waals surface area contributed by atoms with Crippen LogP contribution in [0.4, 0.5) is 5.69 Å². The lowest BCUT2D eigenvalue weighted by atomic mass is 10.1. The number of anilines is 1. The SMILES string of the molecule is CNC(=O)c1ccccc1NC(=O)CCc1ccccc1Cl. The average Bonchev–Trinajstić information content (AvgIpc) is 2.54. The number of hydrogen-bond donors (Lipinski definition) is 2. The van der Waals surface area contributed by atoms with Crippen LogP contribution >= 0.6 is 11.6 Å². The van der Waals surface area contributed by atoms with Crippen LogP contribution in [0.3, 0.4) is 0 Å². The molecule has 22 heavy (non-hydrogen) atoms. The van der Waals surface area contributed by atoms with Crippen LogP contribution < -0.4 is 10.6 Å². The van der Waals surface area contributed by atoms with E-state index >= 15 is 0 Å². The van der Waals surface area contributed by atoms with Crippen LogP contribution in [0.1, 0.15) is 22.3 Å². The first-order valence-corrected chi connectivity index (χ1v) is 7.34. The summed E-state index contributed by atoms with van der Waals surface area (Å²) in [6.45, 7) is 0. The summed E-state index contributed by atoms with van der Waals surface area (Å²) >= 11 is 6.07. The minimum Gasteiger partial charge on any atom is -0.355 e. The Hall–Kier alpha value is -2.33. The molecule has 0 aliphatic carbocycles. The molecule has 0 heterocycles. The van der Waals surface area contributed by atoms with Crippen LogP contribution in [0.15, 0.2) is 48.5 Å². The molecule has 0 aliphatic rings. The fourth-order valence-corrected chi connectivity index (χ4v) is 2.32. The fourth-order valence-electron chi connectivity index (χ4n) is 2.09. The van der Waals surface area contributed by atoms with Crippen LogP contribution in [0, 0.1) is 0 Å². The highest BCUT2D eigenvalue weighted by atomic mass is 35.5. The van der Waals surface area contributed by atoms with Crippen molar-refractivity contribution < 1.29 is 9.59 Å². The molecule has 2 rings (SSSR count). The molecule has 2 aromatic rings. The first-order chi connectivity index (χ1) is 10.6. The van der Waals surface area contributed by atoms with Crippen molar-refractivity contribution in [3.8, 4) is 0 Å². The van der Waals surface area contributed by atoms with Crippen molar-refractivity contribution in [2.24, 2.45) is 0 Å². The van der Waals surface area contributed by atoms with E-state index in [2.05, 4.69) is 10.6 Å². The number of carbonyl (C=O) groups is 2. The number of benzene rings is 2. The number of hydrogen-bond acceptors (Lipinski definition) is 2. The van der Waals surface area contributed by atoms with Crippen molar-refractivity contribution in [1.82, 2.24) is 5.32 Å². The van der Waals surface area contributed by atoms with Gasteiger partial charge < -0.3 is 10.6 Å². The van der Waals surface area contributed by atoms with Crippen molar-refractivity contribution in [2.45, 2.75) is 12.8 Å². The number of amides is 2. The molecule has 114 valence electrons. The minimum absolute atomic E-state index is 0.156. The minimum atomic E-state index is -0.234. The van der Waals surface area contributed by atoms with Crippen molar-refractivity contribution in [1.29, 1.82) is 0 Å². The van der Waals surface area contributed by atoms with E-state index in [9.17, 15) is 9.59 Å². The molecule has 2 amide bonds. The van der Waals surface area contributed by atoms with E-state index in [4.69, 9.17) is 11.6 Å². The molecular weight excluding hydrogens is 300 g/mol. The molecule has 0 radical (unpaired) electrons. The Bertz CT molecular complexity index is 686. The van der Waals surface area contributed by atoms with Gasteiger partial charge in [-0.15, -0.1) is 0 Å². The highest BCUT2D eigenvalue weighted by Crippen LogP contribution is 2.18. The zero-order valence-corrected chi connectivity index (χ0v) is 13.0. The Morgan fingerprint density at radius 2 is 1.73 bits per heavy atom. The van der Waals surface area contributed by atoms with E-state index in [1.807, 2.05) is 18.2 Å². The summed E-state index contributed by atoms with van der Waals surface area (Å²) in [5, 5.41) is 5.98. The van der Waals surface area contributed by atoms with Crippen LogP contribution in [-0.2, 0) is 11.2 Å². The summed E-state index contributed by atoms with van der Waals surface area (Å²) in [4.78, 5) is 23.8. The molecule has 0 spiro atoms. The number of aryl methyl sites for hydroxylation is 1. The Balaban J connectivity index is 2.01. The molecule has 0 aliphatic heterocycles. The monoisotopic (exact) mass is 316 g/mol. The van der Waals surface area contributed by atoms with Gasteiger partial charge in [-0.05, 0) is 30.2 Å². The predicted octanol–water partition coefficient (Wildman–Crippen LogP) is 3.27. The van der Waals surface area contributed by atoms with Gasteiger partial charge in [0.1, 0.15) is 0 Å². The van der Waals surface area contributed by atoms with E-state index in [1.54, 1.807) is 37.4 Å². The van der Waals surface area contributed by atoms with Gasteiger partial charge >= 0.3 is 0 Å². The van der Waals surface area contributed by atoms with Gasteiger partial charge in [0.25, 0.3) is 5.91 Å². The summed E-state index contributed by atoms with van der Waals surface area (Å²) in [5.41, 5.74) is 1.88. The van der Waals surface area contributed by atoms with Gasteiger partial charge in [-0.25, -0.2) is 0 Å². The van der Waals surface area contributed by atoms with Gasteiger partial charge in [-0.1, -0.05) is 41.9 Å². The van der Waals surface area contributed by atoms with Crippen molar-refractivity contribution in [3.63, 3.8) is 0 Å². The number of rotatable bonds is 5. The smallest absolute Gasteiger partial charge is 0.253 e. The van der Waals surface area contributed by atoms with Gasteiger partial charge in [-0.3, -0.25) is 9.59 Å². The summed E-state index contributed by atoms with van der Waals surface area (Å²) in [5.74, 6) is -0.390. The van der Waals surface area contributed by atoms with Crippen molar-refractivity contribution in [3.05, 3.63) is 64.7 Å². The lowest BCUT2D eigenvalue weighted by Gasteiger charge is -2.10. The first kappa shape index (κ1) is 16.0. The van der Waals surface area contributed by atoms with E-state index in [0.29, 0.717) is 29.1 Å². The summed E-state index contributed by atoms with van der Waals surface area (Å²) in [6.07, 6.45) is 0.847. The second kappa shape index (κ2) is 7.61.